The highest BCUT2D eigenvalue weighted by Crippen LogP contribution is 2.26. The van der Waals surface area contributed by atoms with Crippen LogP contribution in [-0.4, -0.2) is 19.8 Å². The first kappa shape index (κ1) is 13.6. The van der Waals surface area contributed by atoms with E-state index in [0.29, 0.717) is 18.8 Å². The molecule has 0 spiro atoms. The van der Waals surface area contributed by atoms with Crippen LogP contribution in [0.25, 0.3) is 0 Å². The van der Waals surface area contributed by atoms with Crippen LogP contribution >= 0.6 is 15.9 Å². The van der Waals surface area contributed by atoms with Crippen LogP contribution in [0.5, 0.6) is 0 Å². The molecule has 1 unspecified atom stereocenters. The Balaban J connectivity index is 2.90. The van der Waals surface area contributed by atoms with Gasteiger partial charge in [0.1, 0.15) is 5.82 Å². The summed E-state index contributed by atoms with van der Waals surface area (Å²) in [7, 11) is 0. The highest BCUT2D eigenvalue weighted by atomic mass is 79.9. The van der Waals surface area contributed by atoms with E-state index in [4.69, 9.17) is 4.74 Å². The summed E-state index contributed by atoms with van der Waals surface area (Å²) in [5.41, 5.74) is 0.637. The molecule has 0 amide bonds. The Morgan fingerprint density at radius 3 is 2.75 bits per heavy atom. The summed E-state index contributed by atoms with van der Waals surface area (Å²) < 4.78 is 19.9. The lowest BCUT2D eigenvalue weighted by Crippen LogP contribution is -2.26. The van der Waals surface area contributed by atoms with Gasteiger partial charge in [0.05, 0.1) is 12.6 Å². The van der Waals surface area contributed by atoms with Crippen LogP contribution in [0.4, 0.5) is 4.39 Å². The van der Waals surface area contributed by atoms with Gasteiger partial charge in [0.15, 0.2) is 0 Å². The number of benzene rings is 1. The van der Waals surface area contributed by atoms with Crippen LogP contribution in [0, 0.1) is 5.82 Å². The van der Waals surface area contributed by atoms with Crippen molar-refractivity contribution in [2.24, 2.45) is 0 Å². The summed E-state index contributed by atoms with van der Waals surface area (Å²) in [4.78, 5) is 0. The van der Waals surface area contributed by atoms with E-state index in [0.717, 1.165) is 11.0 Å². The fourth-order valence-electron chi connectivity index (χ4n) is 1.57. The van der Waals surface area contributed by atoms with Crippen LogP contribution in [0.15, 0.2) is 22.7 Å². The van der Waals surface area contributed by atoms with Gasteiger partial charge in [0, 0.05) is 16.6 Å². The minimum atomic E-state index is -0.208. The molecule has 0 aliphatic heterocycles. The quantitative estimate of drug-likeness (QED) is 0.868. The number of hydrogen-bond donors (Lipinski definition) is 1. The van der Waals surface area contributed by atoms with Crippen molar-refractivity contribution in [1.82, 2.24) is 5.32 Å². The minimum absolute atomic E-state index is 0.111. The van der Waals surface area contributed by atoms with Crippen molar-refractivity contribution in [1.29, 1.82) is 0 Å². The first-order valence-corrected chi connectivity index (χ1v) is 6.25. The molecule has 0 aliphatic carbocycles. The Morgan fingerprint density at radius 2 is 2.19 bits per heavy atom. The number of rotatable bonds is 6. The molecular formula is C12H17BrFNO. The van der Waals surface area contributed by atoms with Crippen molar-refractivity contribution in [3.05, 3.63) is 34.1 Å². The summed E-state index contributed by atoms with van der Waals surface area (Å²) in [5.74, 6) is -0.208. The smallest absolute Gasteiger partial charge is 0.129 e. The third kappa shape index (κ3) is 3.54. The van der Waals surface area contributed by atoms with Crippen LogP contribution in [0.3, 0.4) is 0 Å². The fraction of sp³-hybridized carbons (Fsp3) is 0.500. The number of hydrogen-bond acceptors (Lipinski definition) is 2. The molecule has 1 N–H and O–H groups in total. The second-order valence-corrected chi connectivity index (χ2v) is 4.26. The molecule has 0 fully saturated rings. The summed E-state index contributed by atoms with van der Waals surface area (Å²) in [6.07, 6.45) is 0. The number of ether oxygens (including phenoxy) is 1. The van der Waals surface area contributed by atoms with Crippen molar-refractivity contribution in [3.63, 3.8) is 0 Å². The van der Waals surface area contributed by atoms with Gasteiger partial charge in [0.2, 0.25) is 0 Å². The maximum absolute atomic E-state index is 13.7. The van der Waals surface area contributed by atoms with E-state index in [2.05, 4.69) is 21.2 Å². The van der Waals surface area contributed by atoms with E-state index >= 15 is 0 Å². The SMILES string of the molecule is CCNC(COCC)c1c(F)cccc1Br. The largest absolute Gasteiger partial charge is 0.380 e. The van der Waals surface area contributed by atoms with Gasteiger partial charge in [-0.3, -0.25) is 0 Å². The Kier molecular flexibility index (Phi) is 5.95. The fourth-order valence-corrected chi connectivity index (χ4v) is 2.19. The standard InChI is InChI=1S/C12H17BrFNO/c1-3-15-11(8-16-4-2)12-9(13)6-5-7-10(12)14/h5-7,11,15H,3-4,8H2,1-2H3. The lowest BCUT2D eigenvalue weighted by Gasteiger charge is -2.20. The van der Waals surface area contributed by atoms with Gasteiger partial charge in [-0.15, -0.1) is 0 Å². The molecule has 1 rings (SSSR count). The van der Waals surface area contributed by atoms with Crippen molar-refractivity contribution in [2.75, 3.05) is 19.8 Å². The molecule has 1 aromatic carbocycles. The Labute approximate surface area is 104 Å². The summed E-state index contributed by atoms with van der Waals surface area (Å²) >= 11 is 3.37. The molecule has 90 valence electrons. The lowest BCUT2D eigenvalue weighted by atomic mass is 10.1. The van der Waals surface area contributed by atoms with Crippen LogP contribution in [0.1, 0.15) is 25.5 Å². The molecular weight excluding hydrogens is 273 g/mol. The maximum Gasteiger partial charge on any atom is 0.129 e. The van der Waals surface area contributed by atoms with Gasteiger partial charge in [0.25, 0.3) is 0 Å². The zero-order chi connectivity index (χ0) is 12.0. The Bertz CT molecular complexity index is 313. The zero-order valence-corrected chi connectivity index (χ0v) is 11.2. The molecule has 2 nitrogen and oxygen atoms in total. The molecule has 0 aromatic heterocycles. The van der Waals surface area contributed by atoms with E-state index in [1.807, 2.05) is 19.9 Å². The Morgan fingerprint density at radius 1 is 1.44 bits per heavy atom. The molecule has 0 heterocycles. The first-order chi connectivity index (χ1) is 7.70. The molecule has 0 radical (unpaired) electrons. The second kappa shape index (κ2) is 6.99. The molecule has 0 saturated heterocycles. The predicted molar refractivity (Wildman–Crippen MR) is 67.0 cm³/mol. The van der Waals surface area contributed by atoms with Crippen LogP contribution in [0.2, 0.25) is 0 Å². The molecule has 0 bridgehead atoms. The third-order valence-corrected chi connectivity index (χ3v) is 2.98. The van der Waals surface area contributed by atoms with Gasteiger partial charge >= 0.3 is 0 Å². The highest BCUT2D eigenvalue weighted by Gasteiger charge is 2.17. The minimum Gasteiger partial charge on any atom is -0.380 e. The molecule has 1 aromatic rings. The van der Waals surface area contributed by atoms with Gasteiger partial charge in [-0.25, -0.2) is 4.39 Å². The van der Waals surface area contributed by atoms with Gasteiger partial charge in [-0.2, -0.15) is 0 Å². The number of likely N-dealkylation sites (N-methyl/N-ethyl adjacent to an activating group) is 1. The topological polar surface area (TPSA) is 21.3 Å². The average molecular weight is 290 g/mol. The number of halogens is 2. The van der Waals surface area contributed by atoms with E-state index in [1.165, 1.54) is 6.07 Å². The van der Waals surface area contributed by atoms with Crippen LogP contribution < -0.4 is 5.32 Å². The Hall–Kier alpha value is -0.450. The van der Waals surface area contributed by atoms with Crippen molar-refractivity contribution < 1.29 is 9.13 Å². The van der Waals surface area contributed by atoms with Crippen molar-refractivity contribution in [2.45, 2.75) is 19.9 Å². The van der Waals surface area contributed by atoms with Crippen molar-refractivity contribution >= 4 is 15.9 Å². The first-order valence-electron chi connectivity index (χ1n) is 5.45. The lowest BCUT2D eigenvalue weighted by molar-refractivity contribution is 0.122. The summed E-state index contributed by atoms with van der Waals surface area (Å²) in [5, 5.41) is 3.22. The molecule has 0 saturated carbocycles. The third-order valence-electron chi connectivity index (χ3n) is 2.29. The van der Waals surface area contributed by atoms with Gasteiger partial charge < -0.3 is 10.1 Å². The molecule has 4 heteroatoms. The molecule has 1 atom stereocenters. The molecule has 0 aliphatic rings. The van der Waals surface area contributed by atoms with Gasteiger partial charge in [-0.05, 0) is 25.6 Å². The maximum atomic E-state index is 13.7. The molecule has 16 heavy (non-hydrogen) atoms. The van der Waals surface area contributed by atoms with Crippen LogP contribution in [-0.2, 0) is 4.74 Å². The van der Waals surface area contributed by atoms with E-state index in [-0.39, 0.29) is 11.9 Å². The average Bonchev–Trinajstić information content (AvgIpc) is 2.25. The number of nitrogens with one attached hydrogen (secondary N) is 1. The second-order valence-electron chi connectivity index (χ2n) is 3.41. The van der Waals surface area contributed by atoms with E-state index in [1.54, 1.807) is 6.07 Å². The normalized spacial score (nSPS) is 12.8. The monoisotopic (exact) mass is 289 g/mol. The van der Waals surface area contributed by atoms with E-state index < -0.39 is 0 Å². The highest BCUT2D eigenvalue weighted by molar-refractivity contribution is 9.10. The van der Waals surface area contributed by atoms with E-state index in [9.17, 15) is 4.39 Å². The summed E-state index contributed by atoms with van der Waals surface area (Å²) in [6, 6.07) is 4.89. The van der Waals surface area contributed by atoms with Gasteiger partial charge in [-0.1, -0.05) is 28.9 Å². The predicted octanol–water partition coefficient (Wildman–Crippen LogP) is 3.28. The summed E-state index contributed by atoms with van der Waals surface area (Å²) in [6.45, 7) is 5.81. The zero-order valence-electron chi connectivity index (χ0n) is 9.59. The van der Waals surface area contributed by atoms with Crippen molar-refractivity contribution in [3.8, 4) is 0 Å².